The molecule has 0 unspecified atom stereocenters. The van der Waals surface area contributed by atoms with Gasteiger partial charge in [0.2, 0.25) is 0 Å². The molecule has 0 radical (unpaired) electrons. The summed E-state index contributed by atoms with van der Waals surface area (Å²) in [7, 11) is 0. The third-order valence-electron chi connectivity index (χ3n) is 2.00. The van der Waals surface area contributed by atoms with E-state index in [4.69, 9.17) is 5.73 Å². The molecule has 0 atom stereocenters. The number of hydrogen-bond donors (Lipinski definition) is 1. The van der Waals surface area contributed by atoms with Gasteiger partial charge in [0.1, 0.15) is 0 Å². The van der Waals surface area contributed by atoms with Crippen LogP contribution in [0.2, 0.25) is 0 Å². The van der Waals surface area contributed by atoms with Crippen molar-refractivity contribution in [3.63, 3.8) is 0 Å². The van der Waals surface area contributed by atoms with E-state index in [1.54, 1.807) is 21.8 Å². The highest BCUT2D eigenvalue weighted by Crippen LogP contribution is 2.05. The quantitative estimate of drug-likeness (QED) is 0.739. The van der Waals surface area contributed by atoms with Gasteiger partial charge in [-0.2, -0.15) is 5.10 Å². The van der Waals surface area contributed by atoms with Crippen molar-refractivity contribution < 1.29 is 0 Å². The Kier molecular flexibility index (Phi) is 2.28. The van der Waals surface area contributed by atoms with E-state index in [2.05, 4.69) is 15.4 Å². The Morgan fingerprint density at radius 2 is 2.29 bits per heavy atom. The molecule has 0 saturated heterocycles. The lowest BCUT2D eigenvalue weighted by atomic mass is 10.4. The highest BCUT2D eigenvalue weighted by Gasteiger charge is 2.05. The van der Waals surface area contributed by atoms with Gasteiger partial charge in [-0.1, -0.05) is 5.21 Å². The highest BCUT2D eigenvalue weighted by molar-refractivity contribution is 5.18. The lowest BCUT2D eigenvalue weighted by Gasteiger charge is -2.01. The van der Waals surface area contributed by atoms with Crippen molar-refractivity contribution in [3.8, 4) is 5.82 Å². The molecule has 0 bridgehead atoms. The molecule has 0 saturated carbocycles. The smallest absolute Gasteiger partial charge is 0.172 e. The summed E-state index contributed by atoms with van der Waals surface area (Å²) in [6.07, 6.45) is 5.30. The van der Waals surface area contributed by atoms with Gasteiger partial charge in [-0.25, -0.2) is 9.36 Å². The van der Waals surface area contributed by atoms with Gasteiger partial charge in [-0.05, 0) is 6.92 Å². The van der Waals surface area contributed by atoms with Crippen molar-refractivity contribution in [2.24, 2.45) is 5.73 Å². The van der Waals surface area contributed by atoms with Gasteiger partial charge in [0.05, 0.1) is 12.4 Å². The molecule has 6 nitrogen and oxygen atoms in total. The molecular weight excluding hydrogens is 180 g/mol. The second kappa shape index (κ2) is 3.59. The minimum atomic E-state index is 0.494. The molecule has 0 aliphatic rings. The van der Waals surface area contributed by atoms with E-state index in [0.717, 1.165) is 17.9 Å². The molecule has 2 N–H and O–H groups in total. The summed E-state index contributed by atoms with van der Waals surface area (Å²) in [5.41, 5.74) is 6.49. The van der Waals surface area contributed by atoms with Crippen LogP contribution in [0.5, 0.6) is 0 Å². The standard InChI is InChI=1S/C8H12N6/c1-2-13-8(5-10-12-13)14-6-7(3-9)4-11-14/h4-6H,2-3,9H2,1H3. The molecule has 0 aromatic carbocycles. The van der Waals surface area contributed by atoms with E-state index in [1.165, 1.54) is 0 Å². The molecule has 14 heavy (non-hydrogen) atoms. The van der Waals surface area contributed by atoms with E-state index in [0.29, 0.717) is 6.54 Å². The molecular formula is C8H12N6. The van der Waals surface area contributed by atoms with E-state index in [-0.39, 0.29) is 0 Å². The van der Waals surface area contributed by atoms with Gasteiger partial charge in [-0.15, -0.1) is 5.10 Å². The number of nitrogens with two attached hydrogens (primary N) is 1. The first-order valence-corrected chi connectivity index (χ1v) is 4.47. The second-order valence-corrected chi connectivity index (χ2v) is 2.91. The average molecular weight is 192 g/mol. The highest BCUT2D eigenvalue weighted by atomic mass is 15.5. The van der Waals surface area contributed by atoms with Gasteiger partial charge in [0, 0.05) is 24.8 Å². The predicted molar refractivity (Wildman–Crippen MR) is 50.7 cm³/mol. The molecule has 0 aliphatic carbocycles. The summed E-state index contributed by atoms with van der Waals surface area (Å²) in [6, 6.07) is 0. The first-order chi connectivity index (χ1) is 6.85. The molecule has 2 aromatic heterocycles. The zero-order valence-electron chi connectivity index (χ0n) is 7.96. The molecule has 2 aromatic rings. The van der Waals surface area contributed by atoms with Crippen LogP contribution in [0, 0.1) is 0 Å². The summed E-state index contributed by atoms with van der Waals surface area (Å²) in [5, 5.41) is 11.9. The fourth-order valence-electron chi connectivity index (χ4n) is 1.25. The fraction of sp³-hybridized carbons (Fsp3) is 0.375. The minimum absolute atomic E-state index is 0.494. The van der Waals surface area contributed by atoms with Gasteiger partial charge in [0.25, 0.3) is 0 Å². The summed E-state index contributed by atoms with van der Waals surface area (Å²) in [4.78, 5) is 0. The van der Waals surface area contributed by atoms with Crippen LogP contribution in [0.25, 0.3) is 5.82 Å². The first-order valence-electron chi connectivity index (χ1n) is 4.47. The Balaban J connectivity index is 2.38. The van der Waals surface area contributed by atoms with Crippen LogP contribution in [0.1, 0.15) is 12.5 Å². The van der Waals surface area contributed by atoms with E-state index in [9.17, 15) is 0 Å². The maximum absolute atomic E-state index is 5.50. The van der Waals surface area contributed by atoms with Crippen molar-refractivity contribution >= 4 is 0 Å². The molecule has 2 heterocycles. The van der Waals surface area contributed by atoms with Crippen LogP contribution in [0.3, 0.4) is 0 Å². The van der Waals surface area contributed by atoms with Crippen LogP contribution >= 0.6 is 0 Å². The lowest BCUT2D eigenvalue weighted by Crippen LogP contribution is -2.06. The maximum Gasteiger partial charge on any atom is 0.172 e. The van der Waals surface area contributed by atoms with Crippen LogP contribution < -0.4 is 5.73 Å². The third kappa shape index (κ3) is 1.39. The summed E-state index contributed by atoms with van der Waals surface area (Å²) < 4.78 is 3.50. The average Bonchev–Trinajstić information content (AvgIpc) is 2.85. The second-order valence-electron chi connectivity index (χ2n) is 2.91. The van der Waals surface area contributed by atoms with Crippen LogP contribution in [-0.4, -0.2) is 24.8 Å². The topological polar surface area (TPSA) is 74.5 Å². The summed E-state index contributed by atoms with van der Waals surface area (Å²) >= 11 is 0. The van der Waals surface area contributed by atoms with E-state index in [1.807, 2.05) is 13.1 Å². The molecule has 74 valence electrons. The number of hydrogen-bond acceptors (Lipinski definition) is 4. The van der Waals surface area contributed by atoms with Crippen molar-refractivity contribution in [1.82, 2.24) is 24.8 Å². The lowest BCUT2D eigenvalue weighted by molar-refractivity contribution is 0.599. The summed E-state index contributed by atoms with van der Waals surface area (Å²) in [5.74, 6) is 0.854. The minimum Gasteiger partial charge on any atom is -0.326 e. The Morgan fingerprint density at radius 1 is 1.43 bits per heavy atom. The van der Waals surface area contributed by atoms with E-state index < -0.39 is 0 Å². The normalized spacial score (nSPS) is 10.7. The zero-order valence-corrected chi connectivity index (χ0v) is 7.96. The Labute approximate surface area is 81.3 Å². The molecule has 2 rings (SSSR count). The van der Waals surface area contributed by atoms with Crippen LogP contribution in [-0.2, 0) is 13.1 Å². The van der Waals surface area contributed by atoms with Crippen molar-refractivity contribution in [2.45, 2.75) is 20.0 Å². The predicted octanol–water partition coefficient (Wildman–Crippen LogP) is -0.0576. The van der Waals surface area contributed by atoms with Gasteiger partial charge >= 0.3 is 0 Å². The molecule has 0 fully saturated rings. The monoisotopic (exact) mass is 192 g/mol. The fourth-order valence-corrected chi connectivity index (χ4v) is 1.25. The van der Waals surface area contributed by atoms with Crippen LogP contribution in [0.4, 0.5) is 0 Å². The number of nitrogens with zero attached hydrogens (tertiary/aromatic N) is 5. The van der Waals surface area contributed by atoms with Crippen LogP contribution in [0.15, 0.2) is 18.6 Å². The molecule has 0 aliphatic heterocycles. The third-order valence-corrected chi connectivity index (χ3v) is 2.00. The molecule has 0 spiro atoms. The van der Waals surface area contributed by atoms with E-state index >= 15 is 0 Å². The molecule has 0 amide bonds. The van der Waals surface area contributed by atoms with Crippen molar-refractivity contribution in [2.75, 3.05) is 0 Å². The van der Waals surface area contributed by atoms with Gasteiger partial charge in [0.15, 0.2) is 5.82 Å². The van der Waals surface area contributed by atoms with Crippen molar-refractivity contribution in [1.29, 1.82) is 0 Å². The SMILES string of the molecule is CCn1nncc1-n1cc(CN)cn1. The Morgan fingerprint density at radius 3 is 2.93 bits per heavy atom. The van der Waals surface area contributed by atoms with Gasteiger partial charge in [-0.3, -0.25) is 0 Å². The maximum atomic E-state index is 5.50. The Hall–Kier alpha value is -1.69. The van der Waals surface area contributed by atoms with Gasteiger partial charge < -0.3 is 5.73 Å². The summed E-state index contributed by atoms with van der Waals surface area (Å²) in [6.45, 7) is 3.27. The Bertz CT molecular complexity index is 415. The molecule has 6 heteroatoms. The zero-order chi connectivity index (χ0) is 9.97. The largest absolute Gasteiger partial charge is 0.326 e. The number of aromatic nitrogens is 5. The number of aryl methyl sites for hydroxylation is 1. The van der Waals surface area contributed by atoms with Crippen molar-refractivity contribution in [3.05, 3.63) is 24.2 Å². The first kappa shape index (κ1) is 8.89. The number of rotatable bonds is 3.